The van der Waals surface area contributed by atoms with Crippen molar-refractivity contribution in [1.82, 2.24) is 15.2 Å². The zero-order valence-electron chi connectivity index (χ0n) is 26.5. The van der Waals surface area contributed by atoms with Crippen LogP contribution in [0.25, 0.3) is 11.1 Å². The van der Waals surface area contributed by atoms with Gasteiger partial charge in [0.15, 0.2) is 6.29 Å². The molecule has 1 saturated heterocycles. The highest BCUT2D eigenvalue weighted by molar-refractivity contribution is 5.70. The molecule has 1 aromatic heterocycles. The van der Waals surface area contributed by atoms with E-state index in [-0.39, 0.29) is 31.3 Å². The minimum absolute atomic E-state index is 0.00171. The average Bonchev–Trinajstić information content (AvgIpc) is 3.10. The number of hydrogen-bond donors (Lipinski definition) is 2. The summed E-state index contributed by atoms with van der Waals surface area (Å²) in [5.41, 5.74) is 6.94. The Labute approximate surface area is 271 Å². The van der Waals surface area contributed by atoms with Gasteiger partial charge in [0.1, 0.15) is 6.61 Å². The first kappa shape index (κ1) is 33.0. The number of ether oxygens (including phenoxy) is 3. The fraction of sp³-hybridized carbons (Fsp3) is 0.316. The molecule has 1 aliphatic rings. The van der Waals surface area contributed by atoms with Crippen LogP contribution in [0.4, 0.5) is 4.79 Å². The van der Waals surface area contributed by atoms with Crippen LogP contribution in [-0.4, -0.2) is 53.9 Å². The Balaban J connectivity index is 1.33. The zero-order chi connectivity index (χ0) is 32.3. The van der Waals surface area contributed by atoms with E-state index in [0.29, 0.717) is 6.54 Å². The summed E-state index contributed by atoms with van der Waals surface area (Å²) in [6.07, 6.45) is 2.92. The topological polar surface area (TPSA) is 93.2 Å². The number of carbonyl (C=O) groups excluding carboxylic acids is 1. The molecule has 0 radical (unpaired) electrons. The van der Waals surface area contributed by atoms with Gasteiger partial charge in [-0.15, -0.1) is 0 Å². The predicted molar refractivity (Wildman–Crippen MR) is 179 cm³/mol. The number of alkyl carbamates (subject to hydrolysis) is 1. The lowest BCUT2D eigenvalue weighted by Gasteiger charge is -2.42. The lowest BCUT2D eigenvalue weighted by molar-refractivity contribution is -0.275. The summed E-state index contributed by atoms with van der Waals surface area (Å²) in [4.78, 5) is 18.8. The van der Waals surface area contributed by atoms with Crippen molar-refractivity contribution in [3.63, 3.8) is 0 Å². The Morgan fingerprint density at radius 2 is 1.74 bits per heavy atom. The van der Waals surface area contributed by atoms with Crippen molar-refractivity contribution in [2.45, 2.75) is 45.0 Å². The van der Waals surface area contributed by atoms with E-state index >= 15 is 0 Å². The number of aliphatic hydroxyl groups is 1. The van der Waals surface area contributed by atoms with Crippen molar-refractivity contribution in [3.05, 3.63) is 138 Å². The molecule has 0 saturated carbocycles. The number of nitrogens with one attached hydrogen (secondary N) is 1. The Kier molecular flexibility index (Phi) is 11.7. The lowest BCUT2D eigenvalue weighted by Crippen LogP contribution is -2.43. The summed E-state index contributed by atoms with van der Waals surface area (Å²) in [6, 6.07) is 30.2. The molecule has 2 heterocycles. The molecule has 1 fully saturated rings. The second-order valence-electron chi connectivity index (χ2n) is 11.7. The summed E-state index contributed by atoms with van der Waals surface area (Å²) in [6.45, 7) is 7.86. The third kappa shape index (κ3) is 8.68. The summed E-state index contributed by atoms with van der Waals surface area (Å²) >= 11 is 0. The maximum absolute atomic E-state index is 12.0. The Hall–Kier alpha value is -4.34. The molecule has 8 nitrogen and oxygen atoms in total. The van der Waals surface area contributed by atoms with E-state index in [9.17, 15) is 9.90 Å². The molecule has 5 rings (SSSR count). The standard InChI is InChI=1S/C38H43N3O5/c1-4-23-44-38(43)40-24-32-9-5-6-11-34(32)29-16-18-31(19-17-29)37-45-35(25-41(3)22-20-33-10-7-8-21-39-33)27(2)36(46-37)30-14-12-28(26-42)13-15-30/h4-19,21,27,35-37,42H,1,20,22-26H2,2-3H3,(H,40,43)/t27-,35+,36+,37+/m1/s1. The van der Waals surface area contributed by atoms with Crippen LogP contribution in [0.15, 0.2) is 110 Å². The number of amides is 1. The molecule has 8 heteroatoms. The molecule has 46 heavy (non-hydrogen) atoms. The predicted octanol–water partition coefficient (Wildman–Crippen LogP) is 6.62. The van der Waals surface area contributed by atoms with Crippen LogP contribution in [0.5, 0.6) is 0 Å². The molecule has 240 valence electrons. The van der Waals surface area contributed by atoms with Crippen molar-refractivity contribution >= 4 is 6.09 Å². The van der Waals surface area contributed by atoms with Gasteiger partial charge < -0.3 is 29.5 Å². The minimum Gasteiger partial charge on any atom is -0.445 e. The van der Waals surface area contributed by atoms with E-state index in [1.165, 1.54) is 6.08 Å². The Morgan fingerprint density at radius 3 is 2.46 bits per heavy atom. The van der Waals surface area contributed by atoms with Gasteiger partial charge in [0.25, 0.3) is 0 Å². The van der Waals surface area contributed by atoms with Crippen LogP contribution in [0.1, 0.15) is 47.3 Å². The van der Waals surface area contributed by atoms with Crippen LogP contribution in [0.2, 0.25) is 0 Å². The summed E-state index contributed by atoms with van der Waals surface area (Å²) in [7, 11) is 2.12. The van der Waals surface area contributed by atoms with Crippen LogP contribution >= 0.6 is 0 Å². The number of nitrogens with zero attached hydrogens (tertiary/aromatic N) is 2. The van der Waals surface area contributed by atoms with Crippen molar-refractivity contribution < 1.29 is 24.1 Å². The second kappa shape index (κ2) is 16.3. The maximum atomic E-state index is 12.0. The second-order valence-corrected chi connectivity index (χ2v) is 11.7. The molecule has 0 aliphatic carbocycles. The average molecular weight is 622 g/mol. The highest BCUT2D eigenvalue weighted by Gasteiger charge is 2.38. The number of hydrogen-bond acceptors (Lipinski definition) is 7. The van der Waals surface area contributed by atoms with Gasteiger partial charge in [0, 0.05) is 49.4 Å². The fourth-order valence-corrected chi connectivity index (χ4v) is 5.71. The van der Waals surface area contributed by atoms with Gasteiger partial charge in [0.2, 0.25) is 0 Å². The summed E-state index contributed by atoms with van der Waals surface area (Å²) in [5, 5.41) is 12.4. The molecular weight excluding hydrogens is 578 g/mol. The molecule has 2 N–H and O–H groups in total. The van der Waals surface area contributed by atoms with E-state index in [1.807, 2.05) is 79.0 Å². The molecule has 0 bridgehead atoms. The van der Waals surface area contributed by atoms with Gasteiger partial charge in [-0.1, -0.05) is 98.4 Å². The SMILES string of the molecule is C=CCOC(=O)NCc1ccccc1-c1ccc([C@H]2O[C@@H](CN(C)CCc3ccccn3)[C@@H](C)[C@@H](c3ccc(CO)cc3)O2)cc1. The van der Waals surface area contributed by atoms with Crippen LogP contribution < -0.4 is 5.32 Å². The van der Waals surface area contributed by atoms with Gasteiger partial charge in [0.05, 0.1) is 18.8 Å². The molecular formula is C38H43N3O5. The van der Waals surface area contributed by atoms with Crippen molar-refractivity contribution in [3.8, 4) is 11.1 Å². The van der Waals surface area contributed by atoms with E-state index < -0.39 is 12.4 Å². The lowest BCUT2D eigenvalue weighted by atomic mass is 9.90. The first-order valence-corrected chi connectivity index (χ1v) is 15.7. The van der Waals surface area contributed by atoms with Gasteiger partial charge in [-0.2, -0.15) is 0 Å². The van der Waals surface area contributed by atoms with Gasteiger partial charge in [-0.25, -0.2) is 4.79 Å². The number of pyridine rings is 1. The number of aliphatic hydroxyl groups excluding tert-OH is 1. The maximum Gasteiger partial charge on any atom is 0.407 e. The van der Waals surface area contributed by atoms with E-state index in [2.05, 4.69) is 54.0 Å². The van der Waals surface area contributed by atoms with E-state index in [0.717, 1.165) is 58.6 Å². The Bertz CT molecular complexity index is 1550. The van der Waals surface area contributed by atoms with E-state index in [1.54, 1.807) is 0 Å². The Morgan fingerprint density at radius 1 is 1.00 bits per heavy atom. The highest BCUT2D eigenvalue weighted by atomic mass is 16.7. The minimum atomic E-state index is -0.557. The molecule has 0 spiro atoms. The van der Waals surface area contributed by atoms with Crippen LogP contribution in [0, 0.1) is 5.92 Å². The highest BCUT2D eigenvalue weighted by Crippen LogP contribution is 2.42. The molecule has 4 atom stereocenters. The number of benzene rings is 3. The van der Waals surface area contributed by atoms with Crippen molar-refractivity contribution in [2.24, 2.45) is 5.92 Å². The normalized spacial score (nSPS) is 19.5. The molecule has 0 unspecified atom stereocenters. The first-order chi connectivity index (χ1) is 22.4. The number of rotatable bonds is 13. The number of likely N-dealkylation sites (N-methyl/N-ethyl adjacent to an activating group) is 1. The van der Waals surface area contributed by atoms with Crippen LogP contribution in [-0.2, 0) is 33.8 Å². The quantitative estimate of drug-likeness (QED) is 0.162. The molecule has 3 aromatic carbocycles. The fourth-order valence-electron chi connectivity index (χ4n) is 5.71. The smallest absolute Gasteiger partial charge is 0.407 e. The zero-order valence-corrected chi connectivity index (χ0v) is 26.5. The van der Waals surface area contributed by atoms with Gasteiger partial charge >= 0.3 is 6.09 Å². The van der Waals surface area contributed by atoms with Crippen molar-refractivity contribution in [1.29, 1.82) is 0 Å². The van der Waals surface area contributed by atoms with E-state index in [4.69, 9.17) is 14.2 Å². The molecule has 4 aromatic rings. The molecule has 1 amide bonds. The molecule has 1 aliphatic heterocycles. The monoisotopic (exact) mass is 621 g/mol. The first-order valence-electron chi connectivity index (χ1n) is 15.7. The largest absolute Gasteiger partial charge is 0.445 e. The number of aromatic nitrogens is 1. The summed E-state index contributed by atoms with van der Waals surface area (Å²) < 4.78 is 18.4. The summed E-state index contributed by atoms with van der Waals surface area (Å²) in [5.74, 6) is 0.0883. The third-order valence-electron chi connectivity index (χ3n) is 8.36. The number of carbonyl (C=O) groups is 1. The van der Waals surface area contributed by atoms with Gasteiger partial charge in [-0.05, 0) is 47.0 Å². The van der Waals surface area contributed by atoms with Gasteiger partial charge in [-0.3, -0.25) is 4.98 Å². The van der Waals surface area contributed by atoms with Crippen LogP contribution in [0.3, 0.4) is 0 Å². The van der Waals surface area contributed by atoms with Crippen molar-refractivity contribution in [2.75, 3.05) is 26.7 Å². The third-order valence-corrected chi connectivity index (χ3v) is 8.36.